The molecule has 5 nitrogen and oxygen atoms in total. The first kappa shape index (κ1) is 8.22. The smallest absolute Gasteiger partial charge is 0.257 e. The molecule has 11 heavy (non-hydrogen) atoms. The van der Waals surface area contributed by atoms with Gasteiger partial charge in [-0.05, 0) is 13.8 Å². The van der Waals surface area contributed by atoms with Gasteiger partial charge in [0.1, 0.15) is 0 Å². The van der Waals surface area contributed by atoms with Gasteiger partial charge in [0.15, 0.2) is 5.03 Å². The van der Waals surface area contributed by atoms with Crippen molar-refractivity contribution in [3.8, 4) is 0 Å². The van der Waals surface area contributed by atoms with Crippen LogP contribution in [0.1, 0.15) is 11.3 Å². The van der Waals surface area contributed by atoms with Crippen molar-refractivity contribution in [3.05, 3.63) is 11.3 Å². The highest BCUT2D eigenvalue weighted by Crippen LogP contribution is 2.11. The van der Waals surface area contributed by atoms with Gasteiger partial charge in [-0.3, -0.25) is 5.10 Å². The minimum Gasteiger partial charge on any atom is -0.281 e. The molecule has 3 N–H and O–H groups in total. The zero-order valence-corrected chi connectivity index (χ0v) is 7.07. The minimum atomic E-state index is -3.66. The fourth-order valence-electron chi connectivity index (χ4n) is 0.740. The van der Waals surface area contributed by atoms with E-state index in [2.05, 4.69) is 10.2 Å². The van der Waals surface area contributed by atoms with E-state index in [0.29, 0.717) is 11.3 Å². The molecule has 0 aliphatic heterocycles. The molecule has 1 aromatic heterocycles. The molecule has 0 spiro atoms. The standard InChI is InChI=1S/C5H9N3O2S/c1-3-4(2)7-8-5(3)11(6,9)10/h1-2H3,(H,7,8)(H2,6,9,10). The van der Waals surface area contributed by atoms with E-state index in [1.165, 1.54) is 0 Å². The van der Waals surface area contributed by atoms with Gasteiger partial charge < -0.3 is 0 Å². The molecule has 0 saturated heterocycles. The Morgan fingerprint density at radius 1 is 1.45 bits per heavy atom. The summed E-state index contributed by atoms with van der Waals surface area (Å²) < 4.78 is 21.5. The highest BCUT2D eigenvalue weighted by Gasteiger charge is 2.15. The maximum absolute atomic E-state index is 10.8. The fourth-order valence-corrected chi connectivity index (χ4v) is 1.49. The molecule has 1 rings (SSSR count). The molecular formula is C5H9N3O2S. The van der Waals surface area contributed by atoms with Crippen molar-refractivity contribution in [2.45, 2.75) is 18.9 Å². The molecule has 0 radical (unpaired) electrons. The quantitative estimate of drug-likeness (QED) is 0.612. The summed E-state index contributed by atoms with van der Waals surface area (Å²) in [6, 6.07) is 0. The van der Waals surface area contributed by atoms with Crippen LogP contribution in [0.2, 0.25) is 0 Å². The molecule has 0 amide bonds. The van der Waals surface area contributed by atoms with Crippen molar-refractivity contribution in [1.29, 1.82) is 0 Å². The second-order valence-electron chi connectivity index (χ2n) is 2.32. The van der Waals surface area contributed by atoms with Crippen molar-refractivity contribution in [1.82, 2.24) is 10.2 Å². The largest absolute Gasteiger partial charge is 0.281 e. The number of rotatable bonds is 1. The Hall–Kier alpha value is -0.880. The molecular weight excluding hydrogens is 166 g/mol. The summed E-state index contributed by atoms with van der Waals surface area (Å²) in [7, 11) is -3.66. The Labute approximate surface area is 64.7 Å². The van der Waals surface area contributed by atoms with Crippen LogP contribution < -0.4 is 5.14 Å². The summed E-state index contributed by atoms with van der Waals surface area (Å²) in [5.41, 5.74) is 1.29. The van der Waals surface area contributed by atoms with Gasteiger partial charge in [-0.25, -0.2) is 13.6 Å². The first-order valence-electron chi connectivity index (χ1n) is 2.97. The van der Waals surface area contributed by atoms with E-state index in [-0.39, 0.29) is 5.03 Å². The van der Waals surface area contributed by atoms with Gasteiger partial charge in [0, 0.05) is 11.3 Å². The molecule has 62 valence electrons. The van der Waals surface area contributed by atoms with Crippen LogP contribution in [0.3, 0.4) is 0 Å². The number of hydrogen-bond donors (Lipinski definition) is 2. The number of primary sulfonamides is 1. The van der Waals surface area contributed by atoms with E-state index in [9.17, 15) is 8.42 Å². The van der Waals surface area contributed by atoms with Gasteiger partial charge in [0.25, 0.3) is 10.0 Å². The molecule has 0 fully saturated rings. The summed E-state index contributed by atoms with van der Waals surface area (Å²) in [5.74, 6) is 0. The number of nitrogens with one attached hydrogen (secondary N) is 1. The molecule has 0 unspecified atom stereocenters. The number of sulfonamides is 1. The van der Waals surface area contributed by atoms with Gasteiger partial charge in [0.2, 0.25) is 0 Å². The van der Waals surface area contributed by atoms with E-state index in [4.69, 9.17) is 5.14 Å². The number of H-pyrrole nitrogens is 1. The lowest BCUT2D eigenvalue weighted by Crippen LogP contribution is -2.13. The molecule has 0 aromatic carbocycles. The number of aryl methyl sites for hydroxylation is 1. The van der Waals surface area contributed by atoms with Crippen LogP contribution in [-0.2, 0) is 10.0 Å². The number of hydrogen-bond acceptors (Lipinski definition) is 3. The molecule has 1 heterocycles. The lowest BCUT2D eigenvalue weighted by atomic mass is 10.3. The zero-order valence-electron chi connectivity index (χ0n) is 6.25. The average Bonchev–Trinajstić information content (AvgIpc) is 2.11. The number of nitrogens with zero attached hydrogens (tertiary/aromatic N) is 1. The summed E-state index contributed by atoms with van der Waals surface area (Å²) in [6.45, 7) is 3.38. The molecule has 0 aliphatic carbocycles. The van der Waals surface area contributed by atoms with E-state index >= 15 is 0 Å². The van der Waals surface area contributed by atoms with E-state index < -0.39 is 10.0 Å². The van der Waals surface area contributed by atoms with Crippen LogP contribution >= 0.6 is 0 Å². The molecule has 0 saturated carbocycles. The topological polar surface area (TPSA) is 88.8 Å². The third kappa shape index (κ3) is 1.41. The Bertz CT molecular complexity index is 365. The van der Waals surface area contributed by atoms with Crippen molar-refractivity contribution in [2.24, 2.45) is 5.14 Å². The average molecular weight is 175 g/mol. The van der Waals surface area contributed by atoms with E-state index in [1.807, 2.05) is 0 Å². The highest BCUT2D eigenvalue weighted by atomic mass is 32.2. The van der Waals surface area contributed by atoms with Gasteiger partial charge in [0.05, 0.1) is 0 Å². The fraction of sp³-hybridized carbons (Fsp3) is 0.400. The van der Waals surface area contributed by atoms with Crippen molar-refractivity contribution in [3.63, 3.8) is 0 Å². The number of aromatic nitrogens is 2. The van der Waals surface area contributed by atoms with Crippen LogP contribution in [0.5, 0.6) is 0 Å². The Morgan fingerprint density at radius 3 is 2.18 bits per heavy atom. The van der Waals surface area contributed by atoms with Crippen LogP contribution in [0.4, 0.5) is 0 Å². The van der Waals surface area contributed by atoms with Crippen LogP contribution in [0.25, 0.3) is 0 Å². The molecule has 0 atom stereocenters. The van der Waals surface area contributed by atoms with Crippen molar-refractivity contribution >= 4 is 10.0 Å². The lowest BCUT2D eigenvalue weighted by Gasteiger charge is -1.91. The monoisotopic (exact) mass is 175 g/mol. The Balaban J connectivity index is 3.38. The first-order valence-corrected chi connectivity index (χ1v) is 4.52. The summed E-state index contributed by atoms with van der Waals surface area (Å²) in [6.07, 6.45) is 0. The summed E-state index contributed by atoms with van der Waals surface area (Å²) in [5, 5.41) is 10.9. The molecule has 0 aliphatic rings. The minimum absolute atomic E-state index is 0.0741. The van der Waals surface area contributed by atoms with Crippen molar-refractivity contribution in [2.75, 3.05) is 0 Å². The SMILES string of the molecule is Cc1[nH]nc(S(N)(=O)=O)c1C. The number of aromatic amines is 1. The molecule has 6 heteroatoms. The first-order chi connectivity index (χ1) is 4.93. The third-order valence-corrected chi connectivity index (χ3v) is 2.41. The van der Waals surface area contributed by atoms with E-state index in [1.54, 1.807) is 13.8 Å². The highest BCUT2D eigenvalue weighted by molar-refractivity contribution is 7.89. The Kier molecular flexibility index (Phi) is 1.73. The van der Waals surface area contributed by atoms with Gasteiger partial charge in [-0.2, -0.15) is 5.10 Å². The third-order valence-electron chi connectivity index (χ3n) is 1.48. The maximum Gasteiger partial charge on any atom is 0.257 e. The predicted molar refractivity (Wildman–Crippen MR) is 39.4 cm³/mol. The van der Waals surface area contributed by atoms with E-state index in [0.717, 1.165) is 0 Å². The number of nitrogens with two attached hydrogens (primary N) is 1. The van der Waals surface area contributed by atoms with Crippen LogP contribution in [0, 0.1) is 13.8 Å². The van der Waals surface area contributed by atoms with Gasteiger partial charge in [-0.15, -0.1) is 0 Å². The second-order valence-corrected chi connectivity index (χ2v) is 3.80. The lowest BCUT2D eigenvalue weighted by molar-refractivity contribution is 0.593. The summed E-state index contributed by atoms with van der Waals surface area (Å²) in [4.78, 5) is 0. The van der Waals surface area contributed by atoms with Gasteiger partial charge >= 0.3 is 0 Å². The normalized spacial score (nSPS) is 11.9. The van der Waals surface area contributed by atoms with Crippen molar-refractivity contribution < 1.29 is 8.42 Å². The maximum atomic E-state index is 10.8. The van der Waals surface area contributed by atoms with Crippen LogP contribution in [-0.4, -0.2) is 18.6 Å². The Morgan fingerprint density at radius 2 is 2.00 bits per heavy atom. The predicted octanol–water partition coefficient (Wildman–Crippen LogP) is -0.326. The van der Waals surface area contributed by atoms with Gasteiger partial charge in [-0.1, -0.05) is 0 Å². The molecule has 0 bridgehead atoms. The van der Waals surface area contributed by atoms with Crippen LogP contribution in [0.15, 0.2) is 5.03 Å². The summed E-state index contributed by atoms with van der Waals surface area (Å²) >= 11 is 0. The second kappa shape index (κ2) is 2.31. The molecule has 1 aromatic rings. The zero-order chi connectivity index (χ0) is 8.65.